The first-order valence-electron chi connectivity index (χ1n) is 6.64. The zero-order valence-corrected chi connectivity index (χ0v) is 10.5. The molecule has 1 atom stereocenters. The van der Waals surface area contributed by atoms with Crippen molar-refractivity contribution in [2.45, 2.75) is 44.3 Å². The van der Waals surface area contributed by atoms with Crippen LogP contribution in [-0.2, 0) is 13.6 Å². The van der Waals surface area contributed by atoms with E-state index in [-0.39, 0.29) is 0 Å². The molecule has 0 amide bonds. The van der Waals surface area contributed by atoms with E-state index in [4.69, 9.17) is 0 Å². The summed E-state index contributed by atoms with van der Waals surface area (Å²) >= 11 is 0. The molecule has 0 aromatic carbocycles. The normalized spacial score (nSPS) is 24.7. The summed E-state index contributed by atoms with van der Waals surface area (Å²) in [6, 6.07) is 1.48. The first kappa shape index (κ1) is 11.2. The van der Waals surface area contributed by atoms with Crippen LogP contribution in [0.25, 0.3) is 0 Å². The predicted octanol–water partition coefficient (Wildman–Crippen LogP) is 0.531. The van der Waals surface area contributed by atoms with E-state index in [0.717, 1.165) is 18.3 Å². The molecule has 3 rings (SSSR count). The third kappa shape index (κ3) is 2.84. The fourth-order valence-corrected chi connectivity index (χ4v) is 2.65. The van der Waals surface area contributed by atoms with Crippen LogP contribution in [0.1, 0.15) is 31.4 Å². The molecule has 2 fully saturated rings. The summed E-state index contributed by atoms with van der Waals surface area (Å²) in [6.07, 6.45) is 7.38. The Bertz CT molecular complexity index is 365. The van der Waals surface area contributed by atoms with Crippen molar-refractivity contribution in [1.29, 1.82) is 0 Å². The molecule has 0 bridgehead atoms. The third-order valence-electron chi connectivity index (χ3n) is 3.70. The van der Waals surface area contributed by atoms with Gasteiger partial charge in [0.2, 0.25) is 0 Å². The highest BCUT2D eigenvalue weighted by atomic mass is 15.4. The van der Waals surface area contributed by atoms with Crippen LogP contribution in [0.4, 0.5) is 0 Å². The summed E-state index contributed by atoms with van der Waals surface area (Å²) in [5, 5.41) is 11.8. The van der Waals surface area contributed by atoms with Gasteiger partial charge in [-0.3, -0.25) is 9.58 Å². The first-order chi connectivity index (χ1) is 8.31. The smallest absolute Gasteiger partial charge is 0.0967 e. The average molecular weight is 235 g/mol. The SMILES string of the molecule is Cn1cc(CN(CC2CCCN2)C2CC2)nn1. The van der Waals surface area contributed by atoms with Crippen LogP contribution in [0, 0.1) is 0 Å². The van der Waals surface area contributed by atoms with Gasteiger partial charge in [-0.1, -0.05) is 5.21 Å². The largest absolute Gasteiger partial charge is 0.313 e. The molecule has 2 aliphatic rings. The van der Waals surface area contributed by atoms with Crippen LogP contribution in [-0.4, -0.2) is 45.1 Å². The van der Waals surface area contributed by atoms with Gasteiger partial charge in [-0.2, -0.15) is 0 Å². The van der Waals surface area contributed by atoms with E-state index in [1.807, 2.05) is 13.2 Å². The molecule has 0 spiro atoms. The molecule has 5 nitrogen and oxygen atoms in total. The summed E-state index contributed by atoms with van der Waals surface area (Å²) in [5.41, 5.74) is 1.09. The van der Waals surface area contributed by atoms with Gasteiger partial charge in [-0.25, -0.2) is 0 Å². The lowest BCUT2D eigenvalue weighted by Gasteiger charge is -2.24. The van der Waals surface area contributed by atoms with Crippen LogP contribution in [0.5, 0.6) is 0 Å². The van der Waals surface area contributed by atoms with Gasteiger partial charge in [0.15, 0.2) is 0 Å². The Balaban J connectivity index is 1.59. The number of hydrogen-bond acceptors (Lipinski definition) is 4. The van der Waals surface area contributed by atoms with Crippen molar-refractivity contribution < 1.29 is 0 Å². The van der Waals surface area contributed by atoms with Gasteiger partial charge in [0.1, 0.15) is 0 Å². The minimum Gasteiger partial charge on any atom is -0.313 e. The molecule has 94 valence electrons. The van der Waals surface area contributed by atoms with E-state index in [0.29, 0.717) is 6.04 Å². The number of aromatic nitrogens is 3. The summed E-state index contributed by atoms with van der Waals surface area (Å²) in [5.74, 6) is 0. The van der Waals surface area contributed by atoms with E-state index in [1.165, 1.54) is 38.8 Å². The molecule has 1 unspecified atom stereocenters. The van der Waals surface area contributed by atoms with Gasteiger partial charge in [0.25, 0.3) is 0 Å². The molecular weight excluding hydrogens is 214 g/mol. The monoisotopic (exact) mass is 235 g/mol. The molecule has 1 saturated carbocycles. The number of nitrogens with zero attached hydrogens (tertiary/aromatic N) is 4. The van der Waals surface area contributed by atoms with E-state index < -0.39 is 0 Å². The molecule has 1 aliphatic heterocycles. The Morgan fingerprint density at radius 2 is 2.35 bits per heavy atom. The second-order valence-electron chi connectivity index (χ2n) is 5.34. The minimum absolute atomic E-state index is 0.687. The molecule has 1 aromatic heterocycles. The quantitative estimate of drug-likeness (QED) is 0.809. The Hall–Kier alpha value is -0.940. The van der Waals surface area contributed by atoms with Crippen LogP contribution >= 0.6 is 0 Å². The van der Waals surface area contributed by atoms with Gasteiger partial charge >= 0.3 is 0 Å². The van der Waals surface area contributed by atoms with Gasteiger partial charge in [-0.15, -0.1) is 5.10 Å². The highest BCUT2D eigenvalue weighted by Crippen LogP contribution is 2.28. The van der Waals surface area contributed by atoms with Crippen LogP contribution in [0.2, 0.25) is 0 Å². The fourth-order valence-electron chi connectivity index (χ4n) is 2.65. The maximum atomic E-state index is 4.19. The summed E-state index contributed by atoms with van der Waals surface area (Å²) in [4.78, 5) is 2.58. The molecule has 2 heterocycles. The molecular formula is C12H21N5. The number of nitrogens with one attached hydrogen (secondary N) is 1. The van der Waals surface area contributed by atoms with Crippen molar-refractivity contribution in [3.05, 3.63) is 11.9 Å². The van der Waals surface area contributed by atoms with Crippen molar-refractivity contribution in [2.24, 2.45) is 7.05 Å². The zero-order valence-electron chi connectivity index (χ0n) is 10.5. The van der Waals surface area contributed by atoms with Gasteiger partial charge in [0, 0.05) is 38.4 Å². The highest BCUT2D eigenvalue weighted by Gasteiger charge is 2.31. The van der Waals surface area contributed by atoms with E-state index in [9.17, 15) is 0 Å². The van der Waals surface area contributed by atoms with Gasteiger partial charge < -0.3 is 5.32 Å². The first-order valence-corrected chi connectivity index (χ1v) is 6.64. The number of hydrogen-bond donors (Lipinski definition) is 1. The van der Waals surface area contributed by atoms with Crippen LogP contribution in [0.15, 0.2) is 6.20 Å². The summed E-state index contributed by atoms with van der Waals surface area (Å²) in [7, 11) is 1.93. The van der Waals surface area contributed by atoms with E-state index >= 15 is 0 Å². The van der Waals surface area contributed by atoms with Gasteiger partial charge in [-0.05, 0) is 32.2 Å². The molecule has 1 saturated heterocycles. The predicted molar refractivity (Wildman–Crippen MR) is 65.5 cm³/mol. The highest BCUT2D eigenvalue weighted by molar-refractivity contribution is 4.96. The van der Waals surface area contributed by atoms with Crippen LogP contribution in [0.3, 0.4) is 0 Å². The molecule has 0 radical (unpaired) electrons. The zero-order chi connectivity index (χ0) is 11.7. The average Bonchev–Trinajstić information content (AvgIpc) is 2.89. The number of rotatable bonds is 5. The lowest BCUT2D eigenvalue weighted by atomic mass is 10.2. The Morgan fingerprint density at radius 3 is 2.94 bits per heavy atom. The van der Waals surface area contributed by atoms with Crippen LogP contribution < -0.4 is 5.32 Å². The van der Waals surface area contributed by atoms with Crippen molar-refractivity contribution in [3.63, 3.8) is 0 Å². The van der Waals surface area contributed by atoms with E-state index in [2.05, 4.69) is 20.5 Å². The molecule has 17 heavy (non-hydrogen) atoms. The lowest BCUT2D eigenvalue weighted by molar-refractivity contribution is 0.228. The standard InChI is InChI=1S/C12H21N5/c1-16-7-11(14-15-16)9-17(12-4-5-12)8-10-3-2-6-13-10/h7,10,12-13H,2-6,8-9H2,1H3. The third-order valence-corrected chi connectivity index (χ3v) is 3.70. The van der Waals surface area contributed by atoms with Crippen molar-refractivity contribution in [3.8, 4) is 0 Å². The maximum Gasteiger partial charge on any atom is 0.0967 e. The second kappa shape index (κ2) is 4.74. The fraction of sp³-hybridized carbons (Fsp3) is 0.833. The van der Waals surface area contributed by atoms with Crippen molar-refractivity contribution in [2.75, 3.05) is 13.1 Å². The Morgan fingerprint density at radius 1 is 1.47 bits per heavy atom. The number of aryl methyl sites for hydroxylation is 1. The molecule has 1 aromatic rings. The van der Waals surface area contributed by atoms with Gasteiger partial charge in [0.05, 0.1) is 5.69 Å². The maximum absolute atomic E-state index is 4.19. The topological polar surface area (TPSA) is 46.0 Å². The summed E-state index contributed by atoms with van der Waals surface area (Å²) in [6.45, 7) is 3.31. The Labute approximate surface area is 102 Å². The summed E-state index contributed by atoms with van der Waals surface area (Å²) < 4.78 is 1.79. The minimum atomic E-state index is 0.687. The molecule has 1 N–H and O–H groups in total. The Kier molecular flexibility index (Phi) is 3.11. The lowest BCUT2D eigenvalue weighted by Crippen LogP contribution is -2.38. The molecule has 5 heteroatoms. The second-order valence-corrected chi connectivity index (χ2v) is 5.34. The van der Waals surface area contributed by atoms with E-state index in [1.54, 1.807) is 4.68 Å². The van der Waals surface area contributed by atoms with Crippen molar-refractivity contribution in [1.82, 2.24) is 25.2 Å². The van der Waals surface area contributed by atoms with Crippen molar-refractivity contribution >= 4 is 0 Å². The molecule has 1 aliphatic carbocycles.